The number of nitrogens with zero attached hydrogens (tertiary/aromatic N) is 2. The van der Waals surface area contributed by atoms with E-state index in [1.54, 1.807) is 6.20 Å². The zero-order valence-electron chi connectivity index (χ0n) is 10.2. The molecular weight excluding hydrogens is 216 g/mol. The summed E-state index contributed by atoms with van der Waals surface area (Å²) in [5, 5.41) is 6.04. The molecule has 17 heavy (non-hydrogen) atoms. The van der Waals surface area contributed by atoms with Crippen LogP contribution in [0.1, 0.15) is 37.2 Å². The van der Waals surface area contributed by atoms with Crippen LogP contribution in [0.15, 0.2) is 12.4 Å². The predicted molar refractivity (Wildman–Crippen MR) is 65.8 cm³/mol. The number of carbonyl (C=O) groups is 1. The number of carbonyl (C=O) groups excluding carboxylic acids is 1. The Labute approximate surface area is 101 Å². The minimum absolute atomic E-state index is 0.163. The summed E-state index contributed by atoms with van der Waals surface area (Å²) >= 11 is 0. The first-order valence-electron chi connectivity index (χ1n) is 6.02. The van der Waals surface area contributed by atoms with Gasteiger partial charge in [-0.15, -0.1) is 0 Å². The van der Waals surface area contributed by atoms with Gasteiger partial charge in [-0.1, -0.05) is 13.8 Å². The van der Waals surface area contributed by atoms with E-state index < -0.39 is 0 Å². The van der Waals surface area contributed by atoms with Crippen molar-refractivity contribution in [1.29, 1.82) is 0 Å². The van der Waals surface area contributed by atoms with Crippen LogP contribution >= 0.6 is 0 Å². The maximum Gasteiger partial charge on any atom is 0.271 e. The van der Waals surface area contributed by atoms with Crippen molar-refractivity contribution in [3.8, 4) is 0 Å². The lowest BCUT2D eigenvalue weighted by Crippen LogP contribution is -2.28. The van der Waals surface area contributed by atoms with Gasteiger partial charge in [-0.05, 0) is 18.8 Å². The van der Waals surface area contributed by atoms with E-state index in [-0.39, 0.29) is 5.91 Å². The number of anilines is 1. The number of aromatic nitrogens is 2. The minimum atomic E-state index is -0.163. The van der Waals surface area contributed by atoms with Crippen LogP contribution in [0.5, 0.6) is 0 Å². The molecule has 1 amide bonds. The van der Waals surface area contributed by atoms with Crippen molar-refractivity contribution in [1.82, 2.24) is 15.3 Å². The Balaban J connectivity index is 1.89. The summed E-state index contributed by atoms with van der Waals surface area (Å²) in [6, 6.07) is 0.546. The third-order valence-electron chi connectivity index (χ3n) is 2.48. The van der Waals surface area contributed by atoms with Crippen LogP contribution in [0.3, 0.4) is 0 Å². The molecule has 0 bridgehead atoms. The maximum atomic E-state index is 11.7. The third kappa shape index (κ3) is 3.69. The maximum absolute atomic E-state index is 11.7. The highest BCUT2D eigenvalue weighted by atomic mass is 16.1. The largest absolute Gasteiger partial charge is 0.366 e. The van der Waals surface area contributed by atoms with E-state index in [1.165, 1.54) is 19.0 Å². The molecule has 1 aromatic heterocycles. The summed E-state index contributed by atoms with van der Waals surface area (Å²) in [7, 11) is 0. The van der Waals surface area contributed by atoms with Gasteiger partial charge in [0.15, 0.2) is 0 Å². The quantitative estimate of drug-likeness (QED) is 0.809. The van der Waals surface area contributed by atoms with Crippen molar-refractivity contribution < 1.29 is 4.79 Å². The first-order chi connectivity index (χ1) is 8.15. The lowest BCUT2D eigenvalue weighted by atomic mass is 10.2. The van der Waals surface area contributed by atoms with Gasteiger partial charge in [0.25, 0.3) is 5.91 Å². The van der Waals surface area contributed by atoms with Gasteiger partial charge in [0.2, 0.25) is 0 Å². The molecule has 0 radical (unpaired) electrons. The van der Waals surface area contributed by atoms with E-state index in [4.69, 9.17) is 0 Å². The Morgan fingerprint density at radius 1 is 1.41 bits per heavy atom. The molecule has 0 atom stereocenters. The van der Waals surface area contributed by atoms with Crippen LogP contribution < -0.4 is 10.6 Å². The molecule has 0 aromatic carbocycles. The molecule has 2 rings (SSSR count). The zero-order valence-corrected chi connectivity index (χ0v) is 10.2. The van der Waals surface area contributed by atoms with Gasteiger partial charge >= 0.3 is 0 Å². The average Bonchev–Trinajstić information content (AvgIpc) is 3.11. The van der Waals surface area contributed by atoms with Crippen molar-refractivity contribution in [2.24, 2.45) is 5.92 Å². The molecule has 0 saturated heterocycles. The highest BCUT2D eigenvalue weighted by Crippen LogP contribution is 2.22. The molecule has 1 heterocycles. The first kappa shape index (κ1) is 11.8. The van der Waals surface area contributed by atoms with E-state index >= 15 is 0 Å². The SMILES string of the molecule is CC(C)CNC(=O)c1cnc(NC2CC2)cn1. The van der Waals surface area contributed by atoms with Gasteiger partial charge in [0, 0.05) is 12.6 Å². The van der Waals surface area contributed by atoms with Crippen molar-refractivity contribution in [2.45, 2.75) is 32.7 Å². The van der Waals surface area contributed by atoms with Gasteiger partial charge in [-0.3, -0.25) is 4.79 Å². The van der Waals surface area contributed by atoms with Crippen molar-refractivity contribution in [3.63, 3.8) is 0 Å². The second kappa shape index (κ2) is 5.12. The number of nitrogens with one attached hydrogen (secondary N) is 2. The number of amides is 1. The Morgan fingerprint density at radius 3 is 2.71 bits per heavy atom. The fraction of sp³-hybridized carbons (Fsp3) is 0.583. The van der Waals surface area contributed by atoms with Crippen molar-refractivity contribution in [2.75, 3.05) is 11.9 Å². The highest BCUT2D eigenvalue weighted by molar-refractivity contribution is 5.91. The molecule has 0 unspecified atom stereocenters. The summed E-state index contributed by atoms with van der Waals surface area (Å²) in [6.45, 7) is 4.76. The fourth-order valence-corrected chi connectivity index (χ4v) is 1.34. The summed E-state index contributed by atoms with van der Waals surface area (Å²) in [5.41, 5.74) is 0.368. The van der Waals surface area contributed by atoms with E-state index in [1.807, 2.05) is 0 Å². The van der Waals surface area contributed by atoms with Gasteiger partial charge in [0.1, 0.15) is 11.5 Å². The topological polar surface area (TPSA) is 66.9 Å². The van der Waals surface area contributed by atoms with Crippen LogP contribution in [-0.4, -0.2) is 28.5 Å². The Kier molecular flexibility index (Phi) is 3.56. The fourth-order valence-electron chi connectivity index (χ4n) is 1.34. The lowest BCUT2D eigenvalue weighted by molar-refractivity contribution is 0.0943. The summed E-state index contributed by atoms with van der Waals surface area (Å²) in [4.78, 5) is 19.9. The standard InChI is InChI=1S/C12H18N4O/c1-8(2)5-15-12(17)10-6-14-11(7-13-10)16-9-3-4-9/h6-9H,3-5H2,1-2H3,(H,14,16)(H,15,17). The molecule has 0 aliphatic heterocycles. The molecule has 1 aliphatic carbocycles. The van der Waals surface area contributed by atoms with E-state index in [2.05, 4.69) is 34.4 Å². The van der Waals surface area contributed by atoms with Crippen LogP contribution in [0.25, 0.3) is 0 Å². The molecule has 5 nitrogen and oxygen atoms in total. The summed E-state index contributed by atoms with van der Waals surface area (Å²) < 4.78 is 0. The molecule has 2 N–H and O–H groups in total. The molecule has 0 spiro atoms. The van der Waals surface area contributed by atoms with Crippen LogP contribution in [0, 0.1) is 5.92 Å². The number of hydrogen-bond donors (Lipinski definition) is 2. The Morgan fingerprint density at radius 2 is 2.18 bits per heavy atom. The smallest absolute Gasteiger partial charge is 0.271 e. The first-order valence-corrected chi connectivity index (χ1v) is 6.02. The number of rotatable bonds is 5. The molecule has 1 aliphatic rings. The van der Waals surface area contributed by atoms with Crippen LogP contribution in [0.2, 0.25) is 0 Å². The van der Waals surface area contributed by atoms with E-state index in [0.29, 0.717) is 24.2 Å². The number of hydrogen-bond acceptors (Lipinski definition) is 4. The minimum Gasteiger partial charge on any atom is -0.366 e. The van der Waals surface area contributed by atoms with E-state index in [0.717, 1.165) is 5.82 Å². The van der Waals surface area contributed by atoms with Gasteiger partial charge < -0.3 is 10.6 Å². The predicted octanol–water partition coefficient (Wildman–Crippen LogP) is 1.44. The zero-order chi connectivity index (χ0) is 12.3. The lowest BCUT2D eigenvalue weighted by Gasteiger charge is -2.07. The second-order valence-electron chi connectivity index (χ2n) is 4.81. The second-order valence-corrected chi connectivity index (χ2v) is 4.81. The van der Waals surface area contributed by atoms with Crippen molar-refractivity contribution >= 4 is 11.7 Å². The normalized spacial score (nSPS) is 14.8. The molecule has 5 heteroatoms. The van der Waals surface area contributed by atoms with E-state index in [9.17, 15) is 4.79 Å². The molecule has 1 saturated carbocycles. The Hall–Kier alpha value is -1.65. The monoisotopic (exact) mass is 234 g/mol. The van der Waals surface area contributed by atoms with Crippen molar-refractivity contribution in [3.05, 3.63) is 18.1 Å². The third-order valence-corrected chi connectivity index (χ3v) is 2.48. The molecule has 1 fully saturated rings. The summed E-state index contributed by atoms with van der Waals surface area (Å²) in [6.07, 6.45) is 5.51. The molecular formula is C12H18N4O. The summed E-state index contributed by atoms with van der Waals surface area (Å²) in [5.74, 6) is 1.01. The van der Waals surface area contributed by atoms with Gasteiger partial charge in [-0.25, -0.2) is 9.97 Å². The average molecular weight is 234 g/mol. The van der Waals surface area contributed by atoms with Gasteiger partial charge in [-0.2, -0.15) is 0 Å². The van der Waals surface area contributed by atoms with Gasteiger partial charge in [0.05, 0.1) is 12.4 Å². The molecule has 92 valence electrons. The highest BCUT2D eigenvalue weighted by Gasteiger charge is 2.21. The van der Waals surface area contributed by atoms with Crippen LogP contribution in [-0.2, 0) is 0 Å². The Bertz CT molecular complexity index is 384. The molecule has 1 aromatic rings. The van der Waals surface area contributed by atoms with Crippen LogP contribution in [0.4, 0.5) is 5.82 Å².